The highest BCUT2D eigenvalue weighted by molar-refractivity contribution is 6.30. The minimum atomic E-state index is -0.383. The number of hydrogen-bond donors (Lipinski definition) is 0. The Bertz CT molecular complexity index is 773. The fourth-order valence-corrected chi connectivity index (χ4v) is 2.71. The molecule has 5 nitrogen and oxygen atoms in total. The van der Waals surface area contributed by atoms with E-state index in [-0.39, 0.29) is 18.5 Å². The Labute approximate surface area is 144 Å². The van der Waals surface area contributed by atoms with E-state index in [4.69, 9.17) is 21.1 Å². The number of benzene rings is 2. The Balaban J connectivity index is 1.87. The van der Waals surface area contributed by atoms with Crippen molar-refractivity contribution in [2.75, 3.05) is 18.1 Å². The molecule has 24 heavy (non-hydrogen) atoms. The van der Waals surface area contributed by atoms with Gasteiger partial charge in [0.1, 0.15) is 5.75 Å². The molecule has 0 unspecified atom stereocenters. The SMILES string of the molecule is CCOC(=O)c1ccc(N2Cc3cc(Cl)ccc3OCC2=O)cc1. The van der Waals surface area contributed by atoms with Crippen LogP contribution in [-0.2, 0) is 16.1 Å². The summed E-state index contributed by atoms with van der Waals surface area (Å²) in [5, 5.41) is 0.587. The second-order valence-electron chi connectivity index (χ2n) is 5.29. The quantitative estimate of drug-likeness (QED) is 0.800. The zero-order valence-electron chi connectivity index (χ0n) is 13.1. The number of esters is 1. The molecule has 0 fully saturated rings. The number of anilines is 1. The Morgan fingerprint density at radius 2 is 2.00 bits per heavy atom. The molecule has 6 heteroatoms. The Kier molecular flexibility index (Phi) is 4.71. The predicted octanol–water partition coefficient (Wildman–Crippen LogP) is 3.44. The van der Waals surface area contributed by atoms with E-state index >= 15 is 0 Å². The molecule has 0 spiro atoms. The summed E-state index contributed by atoms with van der Waals surface area (Å²) in [6.07, 6.45) is 0. The van der Waals surface area contributed by atoms with Crippen molar-refractivity contribution in [1.82, 2.24) is 0 Å². The Morgan fingerprint density at radius 1 is 1.25 bits per heavy atom. The molecule has 0 bridgehead atoms. The molecule has 0 saturated carbocycles. The van der Waals surface area contributed by atoms with Crippen molar-refractivity contribution in [3.05, 3.63) is 58.6 Å². The highest BCUT2D eigenvalue weighted by atomic mass is 35.5. The van der Waals surface area contributed by atoms with Gasteiger partial charge in [0, 0.05) is 16.3 Å². The topological polar surface area (TPSA) is 55.8 Å². The summed E-state index contributed by atoms with van der Waals surface area (Å²) >= 11 is 6.03. The summed E-state index contributed by atoms with van der Waals surface area (Å²) in [5.74, 6) is 0.108. The number of carbonyl (C=O) groups is 2. The lowest BCUT2D eigenvalue weighted by Crippen LogP contribution is -2.32. The van der Waals surface area contributed by atoms with E-state index in [1.54, 1.807) is 54.3 Å². The molecule has 1 aliphatic rings. The van der Waals surface area contributed by atoms with Crippen molar-refractivity contribution in [2.24, 2.45) is 0 Å². The van der Waals surface area contributed by atoms with Gasteiger partial charge < -0.3 is 14.4 Å². The number of amides is 1. The second kappa shape index (κ2) is 6.93. The molecule has 0 atom stereocenters. The van der Waals surface area contributed by atoms with Gasteiger partial charge in [-0.3, -0.25) is 4.79 Å². The summed E-state index contributed by atoms with van der Waals surface area (Å²) in [5.41, 5.74) is 1.97. The average molecular weight is 346 g/mol. The molecule has 0 aliphatic carbocycles. The van der Waals surface area contributed by atoms with Gasteiger partial charge in [0.05, 0.1) is 18.7 Å². The fourth-order valence-electron chi connectivity index (χ4n) is 2.52. The van der Waals surface area contributed by atoms with Crippen LogP contribution in [0.2, 0.25) is 5.02 Å². The highest BCUT2D eigenvalue weighted by Gasteiger charge is 2.23. The first-order valence-electron chi connectivity index (χ1n) is 7.57. The molecule has 0 aromatic heterocycles. The van der Waals surface area contributed by atoms with Gasteiger partial charge in [-0.1, -0.05) is 11.6 Å². The molecule has 0 saturated heterocycles. The first kappa shape index (κ1) is 16.3. The molecule has 124 valence electrons. The molecular formula is C18H16ClNO4. The van der Waals surface area contributed by atoms with Crippen LogP contribution in [0.3, 0.4) is 0 Å². The summed E-state index contributed by atoms with van der Waals surface area (Å²) in [6.45, 7) is 2.38. The van der Waals surface area contributed by atoms with Crippen LogP contribution in [0.25, 0.3) is 0 Å². The molecule has 1 aliphatic heterocycles. The molecule has 1 amide bonds. The molecule has 1 heterocycles. The highest BCUT2D eigenvalue weighted by Crippen LogP contribution is 2.29. The van der Waals surface area contributed by atoms with Crippen LogP contribution >= 0.6 is 11.6 Å². The summed E-state index contributed by atoms with van der Waals surface area (Å²) in [6, 6.07) is 12.0. The van der Waals surface area contributed by atoms with Crippen LogP contribution in [0.1, 0.15) is 22.8 Å². The van der Waals surface area contributed by atoms with Crippen LogP contribution < -0.4 is 9.64 Å². The number of rotatable bonds is 3. The minimum Gasteiger partial charge on any atom is -0.483 e. The number of hydrogen-bond acceptors (Lipinski definition) is 4. The van der Waals surface area contributed by atoms with Gasteiger partial charge in [-0.05, 0) is 49.4 Å². The van der Waals surface area contributed by atoms with E-state index in [0.29, 0.717) is 35.2 Å². The third-order valence-electron chi connectivity index (χ3n) is 3.69. The lowest BCUT2D eigenvalue weighted by Gasteiger charge is -2.20. The summed E-state index contributed by atoms with van der Waals surface area (Å²) < 4.78 is 10.5. The maximum absolute atomic E-state index is 12.4. The zero-order valence-corrected chi connectivity index (χ0v) is 13.9. The monoisotopic (exact) mass is 345 g/mol. The van der Waals surface area contributed by atoms with E-state index in [1.165, 1.54) is 0 Å². The van der Waals surface area contributed by atoms with Crippen molar-refractivity contribution in [1.29, 1.82) is 0 Å². The van der Waals surface area contributed by atoms with Gasteiger partial charge in [-0.15, -0.1) is 0 Å². The van der Waals surface area contributed by atoms with E-state index < -0.39 is 0 Å². The van der Waals surface area contributed by atoms with Gasteiger partial charge in [0.15, 0.2) is 6.61 Å². The average Bonchev–Trinajstić information content (AvgIpc) is 2.74. The van der Waals surface area contributed by atoms with Gasteiger partial charge in [0.25, 0.3) is 5.91 Å². The molecule has 0 radical (unpaired) electrons. The number of carbonyl (C=O) groups excluding carboxylic acids is 2. The lowest BCUT2D eigenvalue weighted by atomic mass is 10.1. The first-order chi connectivity index (χ1) is 11.6. The van der Waals surface area contributed by atoms with Crippen molar-refractivity contribution in [2.45, 2.75) is 13.5 Å². The predicted molar refractivity (Wildman–Crippen MR) is 90.5 cm³/mol. The summed E-state index contributed by atoms with van der Waals surface area (Å²) in [7, 11) is 0. The van der Waals surface area contributed by atoms with Crippen molar-refractivity contribution in [3.8, 4) is 5.75 Å². The first-order valence-corrected chi connectivity index (χ1v) is 7.95. The van der Waals surface area contributed by atoms with E-state index in [2.05, 4.69) is 0 Å². The standard InChI is InChI=1S/C18H16ClNO4/c1-2-23-18(22)12-3-6-15(7-4-12)20-10-13-9-14(19)5-8-16(13)24-11-17(20)21/h3-9H,2,10-11H2,1H3. The Hall–Kier alpha value is -2.53. The normalized spacial score (nSPS) is 13.8. The molecular weight excluding hydrogens is 330 g/mol. The van der Waals surface area contributed by atoms with Crippen LogP contribution in [0, 0.1) is 0 Å². The van der Waals surface area contributed by atoms with Gasteiger partial charge in [-0.2, -0.15) is 0 Å². The molecule has 3 rings (SSSR count). The van der Waals surface area contributed by atoms with E-state index in [1.807, 2.05) is 0 Å². The summed E-state index contributed by atoms with van der Waals surface area (Å²) in [4.78, 5) is 25.7. The van der Waals surface area contributed by atoms with Gasteiger partial charge in [-0.25, -0.2) is 4.79 Å². The van der Waals surface area contributed by atoms with Gasteiger partial charge >= 0.3 is 5.97 Å². The largest absolute Gasteiger partial charge is 0.483 e. The zero-order chi connectivity index (χ0) is 17.1. The number of halogens is 1. The van der Waals surface area contributed by atoms with E-state index in [9.17, 15) is 9.59 Å². The molecule has 2 aromatic rings. The van der Waals surface area contributed by atoms with Crippen LogP contribution in [0.15, 0.2) is 42.5 Å². The smallest absolute Gasteiger partial charge is 0.338 e. The third kappa shape index (κ3) is 3.36. The fraction of sp³-hybridized carbons (Fsp3) is 0.222. The maximum atomic E-state index is 12.4. The number of nitrogens with zero attached hydrogens (tertiary/aromatic N) is 1. The number of ether oxygens (including phenoxy) is 2. The van der Waals surface area contributed by atoms with Crippen LogP contribution in [0.5, 0.6) is 5.75 Å². The number of fused-ring (bicyclic) bond motifs is 1. The van der Waals surface area contributed by atoms with Crippen LogP contribution in [-0.4, -0.2) is 25.1 Å². The van der Waals surface area contributed by atoms with Crippen molar-refractivity contribution < 1.29 is 19.1 Å². The third-order valence-corrected chi connectivity index (χ3v) is 3.93. The lowest BCUT2D eigenvalue weighted by molar-refractivity contribution is -0.120. The molecule has 2 aromatic carbocycles. The van der Waals surface area contributed by atoms with Crippen molar-refractivity contribution >= 4 is 29.2 Å². The second-order valence-corrected chi connectivity index (χ2v) is 5.72. The van der Waals surface area contributed by atoms with Gasteiger partial charge in [0.2, 0.25) is 0 Å². The van der Waals surface area contributed by atoms with Crippen molar-refractivity contribution in [3.63, 3.8) is 0 Å². The molecule has 0 N–H and O–H groups in total. The van der Waals surface area contributed by atoms with Crippen LogP contribution in [0.4, 0.5) is 5.69 Å². The Morgan fingerprint density at radius 3 is 2.71 bits per heavy atom. The maximum Gasteiger partial charge on any atom is 0.338 e. The minimum absolute atomic E-state index is 0.0474. The van der Waals surface area contributed by atoms with E-state index in [0.717, 1.165) is 5.56 Å².